The number of benzene rings is 8. The smallest absolute Gasteiger partial charge is 0.0626 e. The Morgan fingerprint density at radius 2 is 0.612 bits per heavy atom. The lowest BCUT2D eigenvalue weighted by Gasteiger charge is -2.36. The highest BCUT2D eigenvalue weighted by Crippen LogP contribution is 2.42. The summed E-state index contributed by atoms with van der Waals surface area (Å²) < 4.78 is 0. The second kappa shape index (κ2) is 18.9. The van der Waals surface area contributed by atoms with Crippen LogP contribution in [-0.4, -0.2) is 0 Å². The van der Waals surface area contributed by atoms with Crippen LogP contribution >= 0.6 is 0 Å². The molecule has 8 aromatic carbocycles. The van der Waals surface area contributed by atoms with Gasteiger partial charge in [0, 0.05) is 22.7 Å². The molecule has 0 bridgehead atoms. The molecule has 2 heteroatoms. The molecule has 1 N–H and O–H groups in total. The molecule has 0 amide bonds. The Bertz CT molecular complexity index is 2760. The van der Waals surface area contributed by atoms with Gasteiger partial charge in [0.05, 0.1) is 5.54 Å². The molecule has 0 unspecified atom stereocenters. The molecule has 340 valence electrons. The number of nitrogens with one attached hydrogen (secondary N) is 1. The zero-order chi connectivity index (χ0) is 47.6. The van der Waals surface area contributed by atoms with E-state index in [1.165, 1.54) is 66.8 Å². The fourth-order valence-electron chi connectivity index (χ4n) is 9.38. The summed E-state index contributed by atoms with van der Waals surface area (Å²) in [5.41, 5.74) is 19.7. The SMILES string of the molecule is CCC(CC)(Nc1ccc(-c2ccc(C(C)(C)C)cc2)cc1)c1ccccc1-c1ccc(N(c2ccc(-c3ccc(C(C)(C)C)cc3)cc2)c2ccc(-c3ccc(C(C)(C)C)cc3)cc2)cc1. The highest BCUT2D eigenvalue weighted by Gasteiger charge is 2.31. The van der Waals surface area contributed by atoms with Gasteiger partial charge in [-0.15, -0.1) is 0 Å². The summed E-state index contributed by atoms with van der Waals surface area (Å²) in [5.74, 6) is 0. The summed E-state index contributed by atoms with van der Waals surface area (Å²) in [4.78, 5) is 2.38. The van der Waals surface area contributed by atoms with Crippen molar-refractivity contribution in [3.63, 3.8) is 0 Å². The lowest BCUT2D eigenvalue weighted by molar-refractivity contribution is 0.456. The fourth-order valence-corrected chi connectivity index (χ4v) is 9.38. The molecule has 0 atom stereocenters. The van der Waals surface area contributed by atoms with Gasteiger partial charge in [0.2, 0.25) is 0 Å². The summed E-state index contributed by atoms with van der Waals surface area (Å²) in [6.45, 7) is 25.0. The fraction of sp³-hybridized carbons (Fsp3) is 0.262. The maximum Gasteiger partial charge on any atom is 0.0626 e. The van der Waals surface area contributed by atoms with Gasteiger partial charge in [-0.25, -0.2) is 0 Å². The summed E-state index contributed by atoms with van der Waals surface area (Å²) in [6.07, 6.45) is 1.88. The third-order valence-corrected chi connectivity index (χ3v) is 13.9. The minimum atomic E-state index is -0.263. The Kier molecular flexibility index (Phi) is 13.2. The number of anilines is 4. The first kappa shape index (κ1) is 46.9. The van der Waals surface area contributed by atoms with Crippen LogP contribution in [0.4, 0.5) is 22.7 Å². The summed E-state index contributed by atoms with van der Waals surface area (Å²) in [6, 6.07) is 72.2. The van der Waals surface area contributed by atoms with E-state index in [2.05, 4.69) is 281 Å². The normalized spacial score (nSPS) is 12.2. The molecule has 67 heavy (non-hydrogen) atoms. The number of rotatable bonds is 12. The van der Waals surface area contributed by atoms with Crippen molar-refractivity contribution in [1.29, 1.82) is 0 Å². The molecule has 0 aromatic heterocycles. The maximum atomic E-state index is 4.04. The van der Waals surface area contributed by atoms with Crippen molar-refractivity contribution in [1.82, 2.24) is 0 Å². The van der Waals surface area contributed by atoms with Gasteiger partial charge in [0.25, 0.3) is 0 Å². The summed E-state index contributed by atoms with van der Waals surface area (Å²) in [5, 5.41) is 4.04. The Balaban J connectivity index is 1.10. The van der Waals surface area contributed by atoms with E-state index in [-0.39, 0.29) is 21.8 Å². The average Bonchev–Trinajstić information content (AvgIpc) is 3.34. The molecule has 0 aliphatic carbocycles. The molecule has 0 fully saturated rings. The van der Waals surface area contributed by atoms with Gasteiger partial charge < -0.3 is 10.2 Å². The quantitative estimate of drug-likeness (QED) is 0.132. The second-order valence-electron chi connectivity index (χ2n) is 21.5. The van der Waals surface area contributed by atoms with Gasteiger partial charge in [-0.3, -0.25) is 0 Å². The van der Waals surface area contributed by atoms with Crippen molar-refractivity contribution >= 4 is 22.7 Å². The topological polar surface area (TPSA) is 15.3 Å². The molecule has 8 rings (SSSR count). The Labute approximate surface area is 402 Å². The van der Waals surface area contributed by atoms with Crippen LogP contribution in [0.2, 0.25) is 0 Å². The first-order valence-electron chi connectivity index (χ1n) is 24.4. The van der Waals surface area contributed by atoms with E-state index >= 15 is 0 Å². The molecule has 0 aliphatic heterocycles. The summed E-state index contributed by atoms with van der Waals surface area (Å²) in [7, 11) is 0. The van der Waals surface area contributed by atoms with Crippen LogP contribution < -0.4 is 10.2 Å². The number of hydrogen-bond donors (Lipinski definition) is 1. The van der Waals surface area contributed by atoms with Gasteiger partial charge in [0.15, 0.2) is 0 Å². The van der Waals surface area contributed by atoms with E-state index in [0.29, 0.717) is 0 Å². The standard InChI is InChI=1S/C65H70N2/c1-12-65(13-2,66-56-38-24-49(25-39-56)46-18-32-53(33-19-46)62(3,4)5)61-17-15-14-16-60(61)52-30-44-59(45-31-52)67(57-40-26-50(27-41-57)47-20-34-54(35-21-47)63(6,7)8)58-42-28-51(29-43-58)48-22-36-55(37-23-48)64(9,10)11/h14-45,66H,12-13H2,1-11H3. The van der Waals surface area contributed by atoms with E-state index in [4.69, 9.17) is 0 Å². The Morgan fingerprint density at radius 3 is 0.925 bits per heavy atom. The first-order valence-corrected chi connectivity index (χ1v) is 24.4. The predicted molar refractivity (Wildman–Crippen MR) is 291 cm³/mol. The van der Waals surface area contributed by atoms with Crippen LogP contribution in [0.1, 0.15) is 111 Å². The monoisotopic (exact) mass is 879 g/mol. The molecule has 0 spiro atoms. The molecule has 0 radical (unpaired) electrons. The van der Waals surface area contributed by atoms with Crippen LogP contribution in [0, 0.1) is 0 Å². The van der Waals surface area contributed by atoms with Gasteiger partial charge in [-0.2, -0.15) is 0 Å². The molecule has 0 saturated heterocycles. The van der Waals surface area contributed by atoms with Crippen LogP contribution in [0.3, 0.4) is 0 Å². The Hall–Kier alpha value is -6.64. The van der Waals surface area contributed by atoms with E-state index in [9.17, 15) is 0 Å². The molecular weight excluding hydrogens is 809 g/mol. The van der Waals surface area contributed by atoms with Crippen molar-refractivity contribution in [3.8, 4) is 44.5 Å². The third-order valence-electron chi connectivity index (χ3n) is 13.9. The highest BCUT2D eigenvalue weighted by atomic mass is 15.1. The number of nitrogens with zero attached hydrogens (tertiary/aromatic N) is 1. The highest BCUT2D eigenvalue weighted by molar-refractivity contribution is 5.82. The first-order chi connectivity index (χ1) is 32.0. The van der Waals surface area contributed by atoms with E-state index < -0.39 is 0 Å². The lowest BCUT2D eigenvalue weighted by Crippen LogP contribution is -2.34. The Morgan fingerprint density at radius 1 is 0.328 bits per heavy atom. The van der Waals surface area contributed by atoms with Gasteiger partial charge in [0.1, 0.15) is 0 Å². The van der Waals surface area contributed by atoms with Crippen molar-refractivity contribution in [2.75, 3.05) is 10.2 Å². The minimum Gasteiger partial charge on any atom is -0.376 e. The number of hydrogen-bond acceptors (Lipinski definition) is 2. The summed E-state index contributed by atoms with van der Waals surface area (Å²) >= 11 is 0. The lowest BCUT2D eigenvalue weighted by atomic mass is 9.80. The zero-order valence-electron chi connectivity index (χ0n) is 41.8. The van der Waals surface area contributed by atoms with Crippen molar-refractivity contribution in [2.45, 2.75) is 111 Å². The minimum absolute atomic E-state index is 0.117. The van der Waals surface area contributed by atoms with Crippen LogP contribution in [0.5, 0.6) is 0 Å². The second-order valence-corrected chi connectivity index (χ2v) is 21.5. The van der Waals surface area contributed by atoms with E-state index in [1.807, 2.05) is 0 Å². The maximum absolute atomic E-state index is 4.04. The largest absolute Gasteiger partial charge is 0.376 e. The van der Waals surface area contributed by atoms with Crippen LogP contribution in [-0.2, 0) is 21.8 Å². The molecule has 8 aromatic rings. The average molecular weight is 879 g/mol. The molecule has 0 aliphatic rings. The van der Waals surface area contributed by atoms with Crippen molar-refractivity contribution < 1.29 is 0 Å². The third kappa shape index (κ3) is 10.4. The van der Waals surface area contributed by atoms with Crippen LogP contribution in [0.25, 0.3) is 44.5 Å². The van der Waals surface area contributed by atoms with E-state index in [0.717, 1.165) is 35.6 Å². The van der Waals surface area contributed by atoms with Crippen molar-refractivity contribution in [3.05, 3.63) is 216 Å². The van der Waals surface area contributed by atoms with Crippen LogP contribution in [0.15, 0.2) is 194 Å². The zero-order valence-corrected chi connectivity index (χ0v) is 41.8. The molecular formula is C65H70N2. The van der Waals surface area contributed by atoms with Gasteiger partial charge in [-0.05, 0) is 144 Å². The molecule has 0 heterocycles. The molecule has 2 nitrogen and oxygen atoms in total. The van der Waals surface area contributed by atoms with Gasteiger partial charge >= 0.3 is 0 Å². The molecule has 0 saturated carbocycles. The predicted octanol–water partition coefficient (Wildman–Crippen LogP) is 18.8. The van der Waals surface area contributed by atoms with Gasteiger partial charge in [-0.1, -0.05) is 222 Å². The van der Waals surface area contributed by atoms with E-state index in [1.54, 1.807) is 0 Å². The van der Waals surface area contributed by atoms with Crippen molar-refractivity contribution in [2.24, 2.45) is 0 Å².